The van der Waals surface area contributed by atoms with Crippen LogP contribution < -0.4 is 14.8 Å². The van der Waals surface area contributed by atoms with Gasteiger partial charge in [0.05, 0.1) is 43.3 Å². The molecule has 250 valence electrons. The fourth-order valence-corrected chi connectivity index (χ4v) is 7.43. The maximum absolute atomic E-state index is 14.0. The first-order valence-corrected chi connectivity index (χ1v) is 19.3. The Morgan fingerprint density at radius 1 is 1.11 bits per heavy atom. The predicted octanol–water partition coefficient (Wildman–Crippen LogP) is 3.76. The van der Waals surface area contributed by atoms with Crippen molar-refractivity contribution in [1.82, 2.24) is 9.62 Å². The molecule has 2 aliphatic rings. The number of hydrogen-bond donors (Lipinski definition) is 2. The number of carbonyl (C=O) groups is 1. The van der Waals surface area contributed by atoms with E-state index in [0.717, 1.165) is 12.0 Å². The highest BCUT2D eigenvalue weighted by Gasteiger charge is 2.44. The van der Waals surface area contributed by atoms with E-state index in [1.54, 1.807) is 13.3 Å². The highest BCUT2D eigenvalue weighted by molar-refractivity contribution is 7.89. The lowest BCUT2D eigenvalue weighted by Crippen LogP contribution is -2.51. The van der Waals surface area contributed by atoms with E-state index in [0.29, 0.717) is 12.4 Å². The SMILES string of the molecule is COc1ccc(S(=O)(=O)N(CC(C)C)C[C@@H](O)[C@H](Cc2ccccc2)NC(=O)O[C@H]2CO[C@H]3OCC[C@H]32)cc1OCP(C)(C)=O. The molecule has 0 saturated carbocycles. The molecule has 14 heteroatoms. The Morgan fingerprint density at radius 3 is 2.51 bits per heavy atom. The van der Waals surface area contributed by atoms with Gasteiger partial charge >= 0.3 is 6.09 Å². The zero-order valence-electron chi connectivity index (χ0n) is 26.5. The van der Waals surface area contributed by atoms with Gasteiger partial charge in [0.1, 0.15) is 19.6 Å². The van der Waals surface area contributed by atoms with E-state index >= 15 is 0 Å². The lowest BCUT2D eigenvalue weighted by molar-refractivity contribution is -0.0907. The standard InChI is InChI=1S/C31H45N2O10PS/c1-21(2)17-33(45(37,38)23-11-12-27(39-3)28(16-23)42-20-44(4,5)36)18-26(34)25(15-22-9-7-6-8-10-22)32-31(35)43-29-19-41-30-24(29)13-14-40-30/h6-12,16,21,24-26,29-30,34H,13-15,17-20H2,1-5H3,(H,32,35)/t24-,25-,26+,29-,30+/m0/s1. The van der Waals surface area contributed by atoms with Crippen LogP contribution in [0.1, 0.15) is 25.8 Å². The normalized spacial score (nSPS) is 21.4. The van der Waals surface area contributed by atoms with Gasteiger partial charge in [-0.1, -0.05) is 44.2 Å². The summed E-state index contributed by atoms with van der Waals surface area (Å²) in [6, 6.07) is 12.6. The summed E-state index contributed by atoms with van der Waals surface area (Å²) in [6.45, 7) is 7.45. The lowest BCUT2D eigenvalue weighted by atomic mass is 10.0. The summed E-state index contributed by atoms with van der Waals surface area (Å²) in [6.07, 6.45) is -2.03. The number of carbonyl (C=O) groups excluding carboxylic acids is 1. The van der Waals surface area contributed by atoms with Crippen LogP contribution in [0.5, 0.6) is 11.5 Å². The number of amides is 1. The molecule has 5 atom stereocenters. The Labute approximate surface area is 265 Å². The molecule has 0 bridgehead atoms. The van der Waals surface area contributed by atoms with E-state index in [9.17, 15) is 22.9 Å². The molecule has 0 radical (unpaired) electrons. The van der Waals surface area contributed by atoms with E-state index in [1.165, 1.54) is 29.6 Å². The van der Waals surface area contributed by atoms with E-state index in [-0.39, 0.29) is 61.2 Å². The van der Waals surface area contributed by atoms with Gasteiger partial charge in [-0.2, -0.15) is 4.31 Å². The molecular formula is C31H45N2O10PS. The van der Waals surface area contributed by atoms with Crippen molar-refractivity contribution >= 4 is 23.3 Å². The van der Waals surface area contributed by atoms with Crippen LogP contribution in [0.2, 0.25) is 0 Å². The Kier molecular flexibility index (Phi) is 11.9. The van der Waals surface area contributed by atoms with Crippen LogP contribution in [0.4, 0.5) is 4.79 Å². The van der Waals surface area contributed by atoms with Gasteiger partial charge in [0.25, 0.3) is 0 Å². The Morgan fingerprint density at radius 2 is 1.84 bits per heavy atom. The molecule has 1 amide bonds. The predicted molar refractivity (Wildman–Crippen MR) is 169 cm³/mol. The van der Waals surface area contributed by atoms with E-state index in [1.807, 2.05) is 44.2 Å². The molecular weight excluding hydrogens is 623 g/mol. The largest absolute Gasteiger partial charge is 0.493 e. The monoisotopic (exact) mass is 668 g/mol. The third kappa shape index (κ3) is 9.67. The first kappa shape index (κ1) is 35.2. The van der Waals surface area contributed by atoms with Gasteiger partial charge in [-0.05, 0) is 49.8 Å². The summed E-state index contributed by atoms with van der Waals surface area (Å²) in [7, 11) is -5.30. The second-order valence-electron chi connectivity index (χ2n) is 12.4. The molecule has 2 fully saturated rings. The smallest absolute Gasteiger partial charge is 0.407 e. The molecule has 0 unspecified atom stereocenters. The van der Waals surface area contributed by atoms with E-state index < -0.39 is 41.5 Å². The average Bonchev–Trinajstić information content (AvgIpc) is 3.60. The number of rotatable bonds is 15. The minimum absolute atomic E-state index is 0.0557. The van der Waals surface area contributed by atoms with Crippen LogP contribution in [0.25, 0.3) is 0 Å². The second-order valence-corrected chi connectivity index (χ2v) is 17.7. The number of methoxy groups -OCH3 is 1. The van der Waals surface area contributed by atoms with Crippen molar-refractivity contribution in [3.63, 3.8) is 0 Å². The van der Waals surface area contributed by atoms with Crippen LogP contribution >= 0.6 is 7.14 Å². The number of nitrogens with one attached hydrogen (secondary N) is 1. The quantitative estimate of drug-likeness (QED) is 0.269. The Bertz CT molecular complexity index is 1440. The molecule has 12 nitrogen and oxygen atoms in total. The first-order valence-electron chi connectivity index (χ1n) is 15.0. The van der Waals surface area contributed by atoms with E-state index in [2.05, 4.69) is 5.32 Å². The summed E-state index contributed by atoms with van der Waals surface area (Å²) in [5.74, 6) is 0.303. The number of sulfonamides is 1. The molecule has 2 saturated heterocycles. The third-order valence-corrected chi connectivity index (χ3v) is 10.2. The van der Waals surface area contributed by atoms with Crippen LogP contribution in [0.3, 0.4) is 0 Å². The highest BCUT2D eigenvalue weighted by atomic mass is 32.2. The number of aliphatic hydroxyl groups is 1. The van der Waals surface area contributed by atoms with E-state index in [4.69, 9.17) is 23.7 Å². The molecule has 0 aliphatic carbocycles. The molecule has 0 spiro atoms. The van der Waals surface area contributed by atoms with Crippen molar-refractivity contribution in [1.29, 1.82) is 0 Å². The van der Waals surface area contributed by atoms with Crippen molar-refractivity contribution in [3.05, 3.63) is 54.1 Å². The lowest BCUT2D eigenvalue weighted by Gasteiger charge is -2.31. The number of benzene rings is 2. The summed E-state index contributed by atoms with van der Waals surface area (Å²) >= 11 is 0. The number of ether oxygens (including phenoxy) is 5. The second kappa shape index (κ2) is 15.3. The van der Waals surface area contributed by atoms with Crippen LogP contribution in [0, 0.1) is 11.8 Å². The topological polar surface area (TPSA) is 150 Å². The maximum atomic E-state index is 14.0. The van der Waals surface area contributed by atoms with Crippen LogP contribution in [-0.4, -0.2) is 102 Å². The van der Waals surface area contributed by atoms with Gasteiger partial charge in [-0.25, -0.2) is 13.2 Å². The molecule has 0 aromatic heterocycles. The van der Waals surface area contributed by atoms with Gasteiger partial charge in [0.2, 0.25) is 10.0 Å². The fourth-order valence-electron chi connectivity index (χ4n) is 5.34. The average molecular weight is 669 g/mol. The fraction of sp³-hybridized carbons (Fsp3) is 0.581. The highest BCUT2D eigenvalue weighted by Crippen LogP contribution is 2.39. The zero-order valence-corrected chi connectivity index (χ0v) is 28.2. The Balaban J connectivity index is 1.55. The van der Waals surface area contributed by atoms with Crippen LogP contribution in [0.15, 0.2) is 53.4 Å². The van der Waals surface area contributed by atoms with Crippen molar-refractivity contribution in [2.75, 3.05) is 53.1 Å². The molecule has 45 heavy (non-hydrogen) atoms. The van der Waals surface area contributed by atoms with Crippen molar-refractivity contribution in [2.24, 2.45) is 11.8 Å². The summed E-state index contributed by atoms with van der Waals surface area (Å²) in [4.78, 5) is 13.0. The molecule has 2 aromatic carbocycles. The van der Waals surface area contributed by atoms with Crippen molar-refractivity contribution in [3.8, 4) is 11.5 Å². The number of fused-ring (bicyclic) bond motifs is 1. The Hall–Kier alpha value is -2.67. The van der Waals surface area contributed by atoms with Crippen molar-refractivity contribution < 1.29 is 46.6 Å². The maximum Gasteiger partial charge on any atom is 0.407 e. The number of aliphatic hydroxyl groups excluding tert-OH is 1. The molecule has 4 rings (SSSR count). The molecule has 2 aliphatic heterocycles. The zero-order chi connectivity index (χ0) is 32.8. The van der Waals surface area contributed by atoms with Gasteiger partial charge in [0.15, 0.2) is 17.8 Å². The molecule has 2 heterocycles. The van der Waals surface area contributed by atoms with Gasteiger partial charge in [0, 0.05) is 19.2 Å². The third-order valence-electron chi connectivity index (χ3n) is 7.57. The summed E-state index contributed by atoms with van der Waals surface area (Å²) in [5, 5.41) is 14.3. The number of nitrogens with zero attached hydrogens (tertiary/aromatic N) is 1. The minimum atomic E-state index is -4.16. The summed E-state index contributed by atoms with van der Waals surface area (Å²) in [5.41, 5.74) is 0.842. The van der Waals surface area contributed by atoms with Crippen LogP contribution in [-0.2, 0) is 35.2 Å². The van der Waals surface area contributed by atoms with Crippen molar-refractivity contribution in [2.45, 2.75) is 56.1 Å². The molecule has 2 N–H and O–H groups in total. The number of alkyl carbamates (subject to hydrolysis) is 1. The number of hydrogen-bond acceptors (Lipinski definition) is 10. The van der Waals surface area contributed by atoms with Gasteiger partial charge in [-0.3, -0.25) is 0 Å². The molecule has 2 aromatic rings. The van der Waals surface area contributed by atoms with Gasteiger partial charge < -0.3 is 38.7 Å². The van der Waals surface area contributed by atoms with Gasteiger partial charge in [-0.15, -0.1) is 0 Å². The summed E-state index contributed by atoms with van der Waals surface area (Å²) < 4.78 is 69.3. The first-order chi connectivity index (χ1) is 21.3. The minimum Gasteiger partial charge on any atom is -0.493 e.